The van der Waals surface area contributed by atoms with Gasteiger partial charge < -0.3 is 4.57 Å². The summed E-state index contributed by atoms with van der Waals surface area (Å²) in [5.41, 5.74) is -0.333. The Morgan fingerprint density at radius 2 is 1.84 bits per heavy atom. The van der Waals surface area contributed by atoms with E-state index in [-0.39, 0.29) is 17.7 Å². The van der Waals surface area contributed by atoms with Crippen molar-refractivity contribution in [3.63, 3.8) is 0 Å². The Morgan fingerprint density at radius 1 is 1.11 bits per heavy atom. The van der Waals surface area contributed by atoms with Gasteiger partial charge in [0, 0.05) is 16.5 Å². The van der Waals surface area contributed by atoms with Crippen LogP contribution in [0.1, 0.15) is 5.56 Å². The molecule has 3 aromatic rings. The summed E-state index contributed by atoms with van der Waals surface area (Å²) in [5, 5.41) is 2.39. The van der Waals surface area contributed by atoms with Crippen molar-refractivity contribution in [1.29, 1.82) is 0 Å². The summed E-state index contributed by atoms with van der Waals surface area (Å²) in [6.07, 6.45) is 1.56. The first-order valence-corrected chi connectivity index (χ1v) is 6.54. The number of rotatable bonds is 2. The Morgan fingerprint density at radius 3 is 2.58 bits per heavy atom. The van der Waals surface area contributed by atoms with Crippen LogP contribution in [0.25, 0.3) is 10.1 Å². The van der Waals surface area contributed by atoms with Crippen LogP contribution in [0.5, 0.6) is 0 Å². The molecule has 0 bridgehead atoms. The molecular weight excluding hydrogens is 268 g/mol. The molecule has 19 heavy (non-hydrogen) atoms. The summed E-state index contributed by atoms with van der Waals surface area (Å²) >= 11 is 1.46. The van der Waals surface area contributed by atoms with Crippen LogP contribution in [0.3, 0.4) is 0 Å². The molecular formula is C14H9F2NOS. The summed E-state index contributed by atoms with van der Waals surface area (Å²) in [5.74, 6) is -1.28. The molecule has 0 aliphatic heterocycles. The second-order valence-electron chi connectivity index (χ2n) is 4.15. The number of fused-ring (bicyclic) bond motifs is 1. The number of halogens is 2. The standard InChI is InChI=1S/C14H9F2NOS/c15-11-2-1-3-12(16)10(11)8-17-6-4-13-9(14(17)18)5-7-19-13/h1-7H,8H2. The molecule has 0 amide bonds. The molecule has 96 valence electrons. The van der Waals surface area contributed by atoms with Crippen LogP contribution >= 0.6 is 11.3 Å². The average molecular weight is 277 g/mol. The number of hydrogen-bond acceptors (Lipinski definition) is 2. The van der Waals surface area contributed by atoms with Gasteiger partial charge in [0.1, 0.15) is 11.6 Å². The van der Waals surface area contributed by atoms with Crippen molar-refractivity contribution in [2.45, 2.75) is 6.54 Å². The van der Waals surface area contributed by atoms with Gasteiger partial charge in [0.25, 0.3) is 5.56 Å². The van der Waals surface area contributed by atoms with Crippen LogP contribution in [-0.4, -0.2) is 4.57 Å². The predicted octanol–water partition coefficient (Wildman–Crippen LogP) is 3.39. The lowest BCUT2D eigenvalue weighted by Gasteiger charge is -2.08. The van der Waals surface area contributed by atoms with Gasteiger partial charge in [0.15, 0.2) is 0 Å². The zero-order chi connectivity index (χ0) is 13.4. The van der Waals surface area contributed by atoms with Crippen molar-refractivity contribution < 1.29 is 8.78 Å². The van der Waals surface area contributed by atoms with Crippen molar-refractivity contribution in [1.82, 2.24) is 4.57 Å². The van der Waals surface area contributed by atoms with Crippen molar-refractivity contribution in [2.24, 2.45) is 0 Å². The van der Waals surface area contributed by atoms with E-state index in [2.05, 4.69) is 0 Å². The van der Waals surface area contributed by atoms with Gasteiger partial charge in [0.05, 0.1) is 11.9 Å². The molecule has 0 aliphatic carbocycles. The van der Waals surface area contributed by atoms with Crippen LogP contribution < -0.4 is 5.56 Å². The van der Waals surface area contributed by atoms with Crippen molar-refractivity contribution >= 4 is 21.4 Å². The van der Waals surface area contributed by atoms with Gasteiger partial charge in [0.2, 0.25) is 0 Å². The largest absolute Gasteiger partial charge is 0.310 e. The van der Waals surface area contributed by atoms with Crippen molar-refractivity contribution in [2.75, 3.05) is 0 Å². The first kappa shape index (κ1) is 12.0. The fraction of sp³-hybridized carbons (Fsp3) is 0.0714. The van der Waals surface area contributed by atoms with Crippen molar-refractivity contribution in [3.8, 4) is 0 Å². The molecule has 0 saturated heterocycles. The third-order valence-electron chi connectivity index (χ3n) is 2.98. The van der Waals surface area contributed by atoms with Crippen LogP contribution in [0.4, 0.5) is 8.78 Å². The van der Waals surface area contributed by atoms with Gasteiger partial charge in [-0.15, -0.1) is 11.3 Å². The van der Waals surface area contributed by atoms with Crippen LogP contribution in [0.15, 0.2) is 46.7 Å². The molecule has 0 unspecified atom stereocenters. The summed E-state index contributed by atoms with van der Waals surface area (Å²) in [6, 6.07) is 7.18. The van der Waals surface area contributed by atoms with E-state index < -0.39 is 11.6 Å². The van der Waals surface area contributed by atoms with E-state index >= 15 is 0 Å². The fourth-order valence-corrected chi connectivity index (χ4v) is 2.76. The molecule has 5 heteroatoms. The van der Waals surface area contributed by atoms with E-state index in [0.717, 1.165) is 4.70 Å². The highest BCUT2D eigenvalue weighted by molar-refractivity contribution is 7.17. The van der Waals surface area contributed by atoms with E-state index in [4.69, 9.17) is 0 Å². The van der Waals surface area contributed by atoms with Gasteiger partial charge >= 0.3 is 0 Å². The summed E-state index contributed by atoms with van der Waals surface area (Å²) in [4.78, 5) is 12.1. The molecule has 0 aliphatic rings. The number of nitrogens with zero attached hydrogens (tertiary/aromatic N) is 1. The minimum Gasteiger partial charge on any atom is -0.310 e. The second-order valence-corrected chi connectivity index (χ2v) is 5.10. The SMILES string of the molecule is O=c1c2ccsc2ccn1Cc1c(F)cccc1F. The highest BCUT2D eigenvalue weighted by atomic mass is 32.1. The van der Waals surface area contributed by atoms with E-state index in [0.29, 0.717) is 5.39 Å². The number of aromatic nitrogens is 1. The molecule has 2 heterocycles. The summed E-state index contributed by atoms with van der Waals surface area (Å²) < 4.78 is 29.3. The normalized spacial score (nSPS) is 11.1. The third kappa shape index (κ3) is 2.06. The Labute approximate surface area is 111 Å². The molecule has 0 N–H and O–H groups in total. The highest BCUT2D eigenvalue weighted by Crippen LogP contribution is 2.18. The lowest BCUT2D eigenvalue weighted by Crippen LogP contribution is -2.20. The summed E-state index contributed by atoms with van der Waals surface area (Å²) in [7, 11) is 0. The number of hydrogen-bond donors (Lipinski definition) is 0. The molecule has 0 fully saturated rings. The summed E-state index contributed by atoms with van der Waals surface area (Å²) in [6.45, 7) is -0.108. The van der Waals surface area contributed by atoms with Gasteiger partial charge in [-0.05, 0) is 29.6 Å². The number of thiophene rings is 1. The minimum atomic E-state index is -0.641. The maximum absolute atomic E-state index is 13.6. The van der Waals surface area contributed by atoms with Gasteiger partial charge in [-0.2, -0.15) is 0 Å². The van der Waals surface area contributed by atoms with Crippen molar-refractivity contribution in [3.05, 3.63) is 69.5 Å². The fourth-order valence-electron chi connectivity index (χ4n) is 1.99. The predicted molar refractivity (Wildman–Crippen MR) is 71.5 cm³/mol. The lowest BCUT2D eigenvalue weighted by atomic mass is 10.2. The zero-order valence-corrected chi connectivity index (χ0v) is 10.6. The molecule has 3 rings (SSSR count). The lowest BCUT2D eigenvalue weighted by molar-refractivity contribution is 0.542. The Kier molecular flexibility index (Phi) is 2.91. The first-order valence-electron chi connectivity index (χ1n) is 5.66. The van der Waals surface area contributed by atoms with Gasteiger partial charge in [-0.25, -0.2) is 8.78 Å². The van der Waals surface area contributed by atoms with E-state index in [1.54, 1.807) is 18.3 Å². The molecule has 0 spiro atoms. The Balaban J connectivity index is 2.11. The third-order valence-corrected chi connectivity index (χ3v) is 3.86. The van der Waals surface area contributed by atoms with Gasteiger partial charge in [-0.3, -0.25) is 4.79 Å². The molecule has 2 nitrogen and oxygen atoms in total. The van der Waals surface area contributed by atoms with Crippen LogP contribution in [-0.2, 0) is 6.54 Å². The molecule has 0 radical (unpaired) electrons. The minimum absolute atomic E-state index is 0.0980. The van der Waals surface area contributed by atoms with E-state index in [9.17, 15) is 13.6 Å². The monoisotopic (exact) mass is 277 g/mol. The molecule has 0 saturated carbocycles. The van der Waals surface area contributed by atoms with Crippen LogP contribution in [0.2, 0.25) is 0 Å². The second kappa shape index (κ2) is 4.59. The Bertz CT molecular complexity index is 786. The van der Waals surface area contributed by atoms with E-state index in [1.807, 2.05) is 5.38 Å². The Hall–Kier alpha value is -2.01. The maximum atomic E-state index is 13.6. The highest BCUT2D eigenvalue weighted by Gasteiger charge is 2.11. The smallest absolute Gasteiger partial charge is 0.259 e. The molecule has 0 atom stereocenters. The zero-order valence-electron chi connectivity index (χ0n) is 9.77. The maximum Gasteiger partial charge on any atom is 0.259 e. The van der Waals surface area contributed by atoms with Crippen LogP contribution in [0, 0.1) is 11.6 Å². The van der Waals surface area contributed by atoms with E-state index in [1.165, 1.54) is 34.1 Å². The first-order chi connectivity index (χ1) is 9.16. The average Bonchev–Trinajstić information content (AvgIpc) is 2.85. The topological polar surface area (TPSA) is 22.0 Å². The number of pyridine rings is 1. The quantitative estimate of drug-likeness (QED) is 0.703. The molecule has 2 aromatic heterocycles. The number of benzene rings is 1. The van der Waals surface area contributed by atoms with Gasteiger partial charge in [-0.1, -0.05) is 6.07 Å². The molecule has 1 aromatic carbocycles.